The van der Waals surface area contributed by atoms with Crippen LogP contribution in [0.25, 0.3) is 5.82 Å². The molecule has 0 atom stereocenters. The van der Waals surface area contributed by atoms with Crippen molar-refractivity contribution in [3.05, 3.63) is 22.9 Å². The third kappa shape index (κ3) is 2.35. The first kappa shape index (κ1) is 11.4. The van der Waals surface area contributed by atoms with Crippen LogP contribution < -0.4 is 5.32 Å². The standard InChI is InChI=1S/C9H10BrN5S/c1-11-7-3-8(14-9(13-7)16-2)15-5-6(10)4-12-15/h3-5H,1-2H3,(H,11,13,14). The van der Waals surface area contributed by atoms with Crippen LogP contribution in [0.2, 0.25) is 0 Å². The molecule has 1 N–H and O–H groups in total. The Hall–Kier alpha value is -1.08. The first-order valence-corrected chi connectivity index (χ1v) is 6.56. The summed E-state index contributed by atoms with van der Waals surface area (Å²) in [5.74, 6) is 1.52. The van der Waals surface area contributed by atoms with Gasteiger partial charge in [-0.15, -0.1) is 0 Å². The Morgan fingerprint density at radius 1 is 1.44 bits per heavy atom. The van der Waals surface area contributed by atoms with Crippen LogP contribution in [0.3, 0.4) is 0 Å². The van der Waals surface area contributed by atoms with E-state index in [4.69, 9.17) is 0 Å². The molecule has 0 aliphatic heterocycles. The molecule has 7 heteroatoms. The number of nitrogens with one attached hydrogen (secondary N) is 1. The highest BCUT2D eigenvalue weighted by Crippen LogP contribution is 2.17. The summed E-state index contributed by atoms with van der Waals surface area (Å²) in [4.78, 5) is 8.67. The molecule has 0 aromatic carbocycles. The highest BCUT2D eigenvalue weighted by Gasteiger charge is 2.05. The Bertz CT molecular complexity index is 476. The molecule has 0 fully saturated rings. The van der Waals surface area contributed by atoms with E-state index in [0.29, 0.717) is 5.16 Å². The highest BCUT2D eigenvalue weighted by molar-refractivity contribution is 9.10. The minimum atomic E-state index is 0.716. The van der Waals surface area contributed by atoms with Gasteiger partial charge in [0.05, 0.1) is 10.7 Å². The highest BCUT2D eigenvalue weighted by atomic mass is 79.9. The molecule has 0 saturated carbocycles. The number of halogens is 1. The van der Waals surface area contributed by atoms with Crippen molar-refractivity contribution in [2.75, 3.05) is 18.6 Å². The minimum Gasteiger partial charge on any atom is -0.373 e. The van der Waals surface area contributed by atoms with Crippen molar-refractivity contribution in [2.24, 2.45) is 0 Å². The van der Waals surface area contributed by atoms with Gasteiger partial charge in [-0.3, -0.25) is 0 Å². The Morgan fingerprint density at radius 3 is 2.81 bits per heavy atom. The van der Waals surface area contributed by atoms with Crippen LogP contribution in [-0.2, 0) is 0 Å². The molecule has 0 aliphatic carbocycles. The molecular formula is C9H10BrN5S. The predicted molar refractivity (Wildman–Crippen MR) is 68.2 cm³/mol. The summed E-state index contributed by atoms with van der Waals surface area (Å²) in [6, 6.07) is 1.85. The molecule has 0 bridgehead atoms. The molecule has 0 spiro atoms. The third-order valence-electron chi connectivity index (χ3n) is 1.92. The lowest BCUT2D eigenvalue weighted by Gasteiger charge is -2.05. The molecule has 5 nitrogen and oxygen atoms in total. The van der Waals surface area contributed by atoms with Gasteiger partial charge in [-0.2, -0.15) is 5.10 Å². The maximum Gasteiger partial charge on any atom is 0.191 e. The molecule has 0 amide bonds. The van der Waals surface area contributed by atoms with E-state index >= 15 is 0 Å². The van der Waals surface area contributed by atoms with E-state index in [2.05, 4.69) is 36.3 Å². The van der Waals surface area contributed by atoms with Crippen molar-refractivity contribution >= 4 is 33.5 Å². The number of nitrogens with zero attached hydrogens (tertiary/aromatic N) is 4. The molecule has 2 rings (SSSR count). The Kier molecular flexibility index (Phi) is 3.45. The van der Waals surface area contributed by atoms with E-state index in [1.165, 1.54) is 11.8 Å². The van der Waals surface area contributed by atoms with Crippen molar-refractivity contribution in [2.45, 2.75) is 5.16 Å². The van der Waals surface area contributed by atoms with Gasteiger partial charge in [-0.1, -0.05) is 11.8 Å². The zero-order valence-electron chi connectivity index (χ0n) is 8.81. The second-order valence-electron chi connectivity index (χ2n) is 2.95. The summed E-state index contributed by atoms with van der Waals surface area (Å²) in [6.07, 6.45) is 5.52. The van der Waals surface area contributed by atoms with Crippen LogP contribution in [0.1, 0.15) is 0 Å². The molecule has 0 aliphatic rings. The van der Waals surface area contributed by atoms with Gasteiger partial charge in [0, 0.05) is 19.3 Å². The number of aromatic nitrogens is 4. The normalized spacial score (nSPS) is 10.4. The van der Waals surface area contributed by atoms with Crippen LogP contribution in [0.15, 0.2) is 28.1 Å². The number of rotatable bonds is 3. The first-order valence-electron chi connectivity index (χ1n) is 4.54. The summed E-state index contributed by atoms with van der Waals surface area (Å²) in [5.41, 5.74) is 0. The Labute approximate surface area is 106 Å². The maximum atomic E-state index is 4.37. The third-order valence-corrected chi connectivity index (χ3v) is 2.87. The molecular weight excluding hydrogens is 290 g/mol. The van der Waals surface area contributed by atoms with Crippen LogP contribution in [0.4, 0.5) is 5.82 Å². The van der Waals surface area contributed by atoms with Crippen molar-refractivity contribution in [3.8, 4) is 5.82 Å². The van der Waals surface area contributed by atoms with Crippen molar-refractivity contribution in [1.82, 2.24) is 19.7 Å². The van der Waals surface area contributed by atoms with Crippen LogP contribution in [0.5, 0.6) is 0 Å². The van der Waals surface area contributed by atoms with E-state index in [1.54, 1.807) is 10.9 Å². The quantitative estimate of drug-likeness (QED) is 0.695. The van der Waals surface area contributed by atoms with E-state index in [-0.39, 0.29) is 0 Å². The van der Waals surface area contributed by atoms with Gasteiger partial charge in [0.25, 0.3) is 0 Å². The lowest BCUT2D eigenvalue weighted by Crippen LogP contribution is -2.03. The zero-order valence-corrected chi connectivity index (χ0v) is 11.2. The maximum absolute atomic E-state index is 4.37. The average Bonchev–Trinajstić information content (AvgIpc) is 2.75. The van der Waals surface area contributed by atoms with Gasteiger partial charge in [-0.25, -0.2) is 14.6 Å². The molecule has 2 aromatic heterocycles. The topological polar surface area (TPSA) is 55.6 Å². The van der Waals surface area contributed by atoms with Gasteiger partial charge in [0.2, 0.25) is 0 Å². The van der Waals surface area contributed by atoms with Crippen LogP contribution in [-0.4, -0.2) is 33.1 Å². The van der Waals surface area contributed by atoms with Crippen molar-refractivity contribution in [1.29, 1.82) is 0 Å². The molecule has 0 saturated heterocycles. The molecule has 2 aromatic rings. The van der Waals surface area contributed by atoms with E-state index < -0.39 is 0 Å². The number of anilines is 1. The zero-order chi connectivity index (χ0) is 11.5. The fraction of sp³-hybridized carbons (Fsp3) is 0.222. The molecule has 84 valence electrons. The summed E-state index contributed by atoms with van der Waals surface area (Å²) in [7, 11) is 1.83. The lowest BCUT2D eigenvalue weighted by atomic mass is 10.5. The first-order chi connectivity index (χ1) is 7.72. The lowest BCUT2D eigenvalue weighted by molar-refractivity contribution is 0.809. The van der Waals surface area contributed by atoms with Crippen molar-refractivity contribution in [3.63, 3.8) is 0 Å². The Balaban J connectivity index is 2.47. The van der Waals surface area contributed by atoms with Crippen molar-refractivity contribution < 1.29 is 0 Å². The van der Waals surface area contributed by atoms with Gasteiger partial charge in [-0.05, 0) is 22.2 Å². The predicted octanol–water partition coefficient (Wildman–Crippen LogP) is 2.19. The number of thioether (sulfide) groups is 1. The second kappa shape index (κ2) is 4.84. The van der Waals surface area contributed by atoms with Gasteiger partial charge >= 0.3 is 0 Å². The van der Waals surface area contributed by atoms with Gasteiger partial charge in [0.15, 0.2) is 11.0 Å². The number of hydrogen-bond acceptors (Lipinski definition) is 5. The van der Waals surface area contributed by atoms with E-state index in [9.17, 15) is 0 Å². The SMILES string of the molecule is CNc1cc(-n2cc(Br)cn2)nc(SC)n1. The largest absolute Gasteiger partial charge is 0.373 e. The van der Waals surface area contributed by atoms with E-state index in [1.807, 2.05) is 25.6 Å². The van der Waals surface area contributed by atoms with E-state index in [0.717, 1.165) is 16.1 Å². The molecule has 16 heavy (non-hydrogen) atoms. The number of hydrogen-bond donors (Lipinski definition) is 1. The van der Waals surface area contributed by atoms with Gasteiger partial charge in [0.1, 0.15) is 5.82 Å². The summed E-state index contributed by atoms with van der Waals surface area (Å²) in [5, 5.41) is 7.90. The molecule has 0 radical (unpaired) electrons. The average molecular weight is 300 g/mol. The Morgan fingerprint density at radius 2 is 2.25 bits per heavy atom. The molecule has 0 unspecified atom stereocenters. The summed E-state index contributed by atoms with van der Waals surface area (Å²) < 4.78 is 2.62. The van der Waals surface area contributed by atoms with Crippen LogP contribution >= 0.6 is 27.7 Å². The second-order valence-corrected chi connectivity index (χ2v) is 4.64. The molecule has 2 heterocycles. The van der Waals surface area contributed by atoms with Crippen LogP contribution in [0, 0.1) is 0 Å². The fourth-order valence-corrected chi connectivity index (χ4v) is 1.84. The minimum absolute atomic E-state index is 0.716. The smallest absolute Gasteiger partial charge is 0.191 e. The summed E-state index contributed by atoms with van der Waals surface area (Å²) in [6.45, 7) is 0. The fourth-order valence-electron chi connectivity index (χ4n) is 1.18. The summed E-state index contributed by atoms with van der Waals surface area (Å²) >= 11 is 4.85. The monoisotopic (exact) mass is 299 g/mol. The van der Waals surface area contributed by atoms with Gasteiger partial charge < -0.3 is 5.32 Å².